The van der Waals surface area contributed by atoms with Gasteiger partial charge in [0.15, 0.2) is 6.61 Å². The lowest BCUT2D eigenvalue weighted by Gasteiger charge is -2.13. The molecule has 0 aliphatic carbocycles. The van der Waals surface area contributed by atoms with Crippen molar-refractivity contribution in [1.29, 1.82) is 0 Å². The first-order valence-corrected chi connectivity index (χ1v) is 7.89. The van der Waals surface area contributed by atoms with Crippen LogP contribution in [-0.2, 0) is 4.79 Å². The number of carbonyl (C=O) groups is 1. The minimum Gasteiger partial charge on any atom is -0.497 e. The molecule has 1 amide bonds. The number of anilines is 1. The molecule has 0 fully saturated rings. The normalized spacial score (nSPS) is 10.2. The van der Waals surface area contributed by atoms with Crippen LogP contribution in [0.2, 0.25) is 10.0 Å². The average Bonchev–Trinajstić information content (AvgIpc) is 2.60. The van der Waals surface area contributed by atoms with Crippen LogP contribution in [0.4, 0.5) is 11.4 Å². The van der Waals surface area contributed by atoms with Crippen LogP contribution < -0.4 is 19.5 Å². The van der Waals surface area contributed by atoms with E-state index in [2.05, 4.69) is 5.32 Å². The van der Waals surface area contributed by atoms with Gasteiger partial charge in [0.2, 0.25) is 5.75 Å². The monoisotopic (exact) mass is 400 g/mol. The van der Waals surface area contributed by atoms with E-state index >= 15 is 0 Å². The molecule has 0 aliphatic rings. The summed E-state index contributed by atoms with van der Waals surface area (Å²) in [6.07, 6.45) is 0. The van der Waals surface area contributed by atoms with Crippen LogP contribution >= 0.6 is 23.2 Å². The fourth-order valence-electron chi connectivity index (χ4n) is 2.06. The Balaban J connectivity index is 2.14. The summed E-state index contributed by atoms with van der Waals surface area (Å²) in [4.78, 5) is 22.5. The van der Waals surface area contributed by atoms with E-state index < -0.39 is 23.1 Å². The van der Waals surface area contributed by atoms with Crippen molar-refractivity contribution in [3.63, 3.8) is 0 Å². The molecule has 0 aromatic heterocycles. The lowest BCUT2D eigenvalue weighted by Crippen LogP contribution is -2.21. The van der Waals surface area contributed by atoms with Crippen molar-refractivity contribution in [3.8, 4) is 17.2 Å². The van der Waals surface area contributed by atoms with E-state index in [0.717, 1.165) is 6.07 Å². The fourth-order valence-corrected chi connectivity index (χ4v) is 2.60. The number of ether oxygens (including phenoxy) is 3. The molecular weight excluding hydrogens is 387 g/mol. The van der Waals surface area contributed by atoms with Crippen molar-refractivity contribution in [2.24, 2.45) is 0 Å². The molecular formula is C16H14Cl2N2O6. The molecule has 0 heterocycles. The van der Waals surface area contributed by atoms with Crippen LogP contribution in [0.25, 0.3) is 0 Å². The molecule has 8 nitrogen and oxygen atoms in total. The van der Waals surface area contributed by atoms with Gasteiger partial charge >= 0.3 is 5.69 Å². The number of nitrogens with zero attached hydrogens (tertiary/aromatic N) is 1. The Labute approximate surface area is 158 Å². The maximum Gasteiger partial charge on any atom is 0.314 e. The smallest absolute Gasteiger partial charge is 0.314 e. The Morgan fingerprint density at radius 3 is 2.54 bits per heavy atom. The molecule has 0 bridgehead atoms. The second-order valence-corrected chi connectivity index (χ2v) is 5.74. The summed E-state index contributed by atoms with van der Waals surface area (Å²) in [6, 6.07) is 7.23. The minimum atomic E-state index is -0.698. The number of nitro benzene ring substituents is 1. The Bertz CT molecular complexity index is 844. The average molecular weight is 401 g/mol. The molecule has 0 spiro atoms. The van der Waals surface area contributed by atoms with E-state index in [0.29, 0.717) is 17.2 Å². The lowest BCUT2D eigenvalue weighted by molar-refractivity contribution is -0.385. The SMILES string of the molecule is COc1ccc(OC)c(NC(=O)COc2c(Cl)cc(Cl)cc2[N+](=O)[O-])c1. The Morgan fingerprint density at radius 1 is 1.19 bits per heavy atom. The van der Waals surface area contributed by atoms with Crippen LogP contribution in [-0.4, -0.2) is 31.7 Å². The van der Waals surface area contributed by atoms with Gasteiger partial charge in [-0.1, -0.05) is 23.2 Å². The van der Waals surface area contributed by atoms with Crippen LogP contribution in [0.5, 0.6) is 17.2 Å². The van der Waals surface area contributed by atoms with E-state index in [-0.39, 0.29) is 15.8 Å². The molecule has 2 aromatic carbocycles. The van der Waals surface area contributed by atoms with Crippen LogP contribution in [0.1, 0.15) is 0 Å². The number of methoxy groups -OCH3 is 2. The second kappa shape index (κ2) is 8.59. The predicted octanol–water partition coefficient (Wildman–Crippen LogP) is 3.94. The number of benzene rings is 2. The van der Waals surface area contributed by atoms with Crippen molar-refractivity contribution in [3.05, 3.63) is 50.5 Å². The summed E-state index contributed by atoms with van der Waals surface area (Å²) in [5.41, 5.74) is -0.0774. The van der Waals surface area contributed by atoms with Gasteiger partial charge in [-0.15, -0.1) is 0 Å². The van der Waals surface area contributed by atoms with Gasteiger partial charge in [0.1, 0.15) is 11.5 Å². The molecule has 0 saturated heterocycles. The van der Waals surface area contributed by atoms with Gasteiger partial charge in [0.05, 0.1) is 29.9 Å². The van der Waals surface area contributed by atoms with Gasteiger partial charge in [-0.25, -0.2) is 0 Å². The highest BCUT2D eigenvalue weighted by molar-refractivity contribution is 6.36. The Morgan fingerprint density at radius 2 is 1.92 bits per heavy atom. The highest BCUT2D eigenvalue weighted by Crippen LogP contribution is 2.37. The highest BCUT2D eigenvalue weighted by atomic mass is 35.5. The molecule has 0 atom stereocenters. The highest BCUT2D eigenvalue weighted by Gasteiger charge is 2.21. The second-order valence-electron chi connectivity index (χ2n) is 4.90. The summed E-state index contributed by atoms with van der Waals surface area (Å²) in [6.45, 7) is -0.511. The molecule has 0 aliphatic heterocycles. The first kappa shape index (κ1) is 19.6. The Kier molecular flexibility index (Phi) is 6.48. The van der Waals surface area contributed by atoms with Crippen molar-refractivity contribution >= 4 is 40.5 Å². The summed E-state index contributed by atoms with van der Waals surface area (Å²) in [5, 5.41) is 13.7. The van der Waals surface area contributed by atoms with Crippen molar-refractivity contribution in [1.82, 2.24) is 0 Å². The molecule has 1 N–H and O–H groups in total. The lowest BCUT2D eigenvalue weighted by atomic mass is 10.2. The van der Waals surface area contributed by atoms with Gasteiger partial charge in [0, 0.05) is 17.2 Å². The maximum atomic E-state index is 12.1. The number of hydrogen-bond acceptors (Lipinski definition) is 6. The largest absolute Gasteiger partial charge is 0.497 e. The first-order chi connectivity index (χ1) is 12.3. The third-order valence-electron chi connectivity index (χ3n) is 3.21. The quantitative estimate of drug-likeness (QED) is 0.557. The predicted molar refractivity (Wildman–Crippen MR) is 96.8 cm³/mol. The molecule has 26 heavy (non-hydrogen) atoms. The zero-order valence-electron chi connectivity index (χ0n) is 13.7. The van der Waals surface area contributed by atoms with Gasteiger partial charge < -0.3 is 19.5 Å². The van der Waals surface area contributed by atoms with Crippen LogP contribution in [0.3, 0.4) is 0 Å². The number of rotatable bonds is 7. The number of halogens is 2. The standard InChI is InChI=1S/C16H14Cl2N2O6/c1-24-10-3-4-14(25-2)12(7-10)19-15(21)8-26-16-11(18)5-9(17)6-13(16)20(22)23/h3-7H,8H2,1-2H3,(H,19,21). The molecule has 0 unspecified atom stereocenters. The summed E-state index contributed by atoms with van der Waals surface area (Å²) in [7, 11) is 2.93. The zero-order chi connectivity index (χ0) is 19.3. The molecule has 2 aromatic rings. The van der Waals surface area contributed by atoms with Gasteiger partial charge in [-0.2, -0.15) is 0 Å². The number of nitro groups is 1. The maximum absolute atomic E-state index is 12.1. The van der Waals surface area contributed by atoms with E-state index in [1.54, 1.807) is 18.2 Å². The summed E-state index contributed by atoms with van der Waals surface area (Å²) in [5.74, 6) is 0.110. The van der Waals surface area contributed by atoms with Crippen LogP contribution in [0.15, 0.2) is 30.3 Å². The topological polar surface area (TPSA) is 99.9 Å². The van der Waals surface area contributed by atoms with Crippen molar-refractivity contribution in [2.45, 2.75) is 0 Å². The van der Waals surface area contributed by atoms with E-state index in [1.165, 1.54) is 20.3 Å². The van der Waals surface area contributed by atoms with Gasteiger partial charge in [-0.3, -0.25) is 14.9 Å². The van der Waals surface area contributed by atoms with E-state index in [9.17, 15) is 14.9 Å². The third-order valence-corrected chi connectivity index (χ3v) is 3.71. The third kappa shape index (κ3) is 4.68. The molecule has 10 heteroatoms. The number of hydrogen-bond donors (Lipinski definition) is 1. The fraction of sp³-hybridized carbons (Fsp3) is 0.188. The van der Waals surface area contributed by atoms with E-state index in [4.69, 9.17) is 37.4 Å². The van der Waals surface area contributed by atoms with Crippen molar-refractivity contribution < 1.29 is 23.9 Å². The van der Waals surface area contributed by atoms with E-state index in [1.807, 2.05) is 0 Å². The molecule has 0 radical (unpaired) electrons. The van der Waals surface area contributed by atoms with Gasteiger partial charge in [0.25, 0.3) is 5.91 Å². The van der Waals surface area contributed by atoms with Gasteiger partial charge in [-0.05, 0) is 18.2 Å². The number of amides is 1. The summed E-state index contributed by atoms with van der Waals surface area (Å²) >= 11 is 11.7. The van der Waals surface area contributed by atoms with Crippen LogP contribution in [0, 0.1) is 10.1 Å². The number of nitrogens with one attached hydrogen (secondary N) is 1. The molecule has 138 valence electrons. The van der Waals surface area contributed by atoms with Crippen molar-refractivity contribution in [2.75, 3.05) is 26.1 Å². The molecule has 2 rings (SSSR count). The zero-order valence-corrected chi connectivity index (χ0v) is 15.3. The summed E-state index contributed by atoms with van der Waals surface area (Å²) < 4.78 is 15.5. The Hall–Kier alpha value is -2.71. The first-order valence-electron chi connectivity index (χ1n) is 7.13. The number of carbonyl (C=O) groups excluding carboxylic acids is 1. The molecule has 0 saturated carbocycles. The minimum absolute atomic E-state index is 0.0732.